The van der Waals surface area contributed by atoms with Gasteiger partial charge in [-0.05, 0) is 31.4 Å². The summed E-state index contributed by atoms with van der Waals surface area (Å²) in [5.41, 5.74) is 10.5. The van der Waals surface area contributed by atoms with Gasteiger partial charge in [-0.3, -0.25) is 4.79 Å². The Hall–Kier alpha value is -1.20. The van der Waals surface area contributed by atoms with E-state index in [1.165, 1.54) is 0 Å². The van der Waals surface area contributed by atoms with Gasteiger partial charge in [0.2, 0.25) is 5.91 Å². The van der Waals surface area contributed by atoms with Gasteiger partial charge in [0.25, 0.3) is 0 Å². The largest absolute Gasteiger partial charge is 0.496 e. The standard InChI is InChI=1S/C13H18N2O2S/c1-17-10-4-2-3-5-11(10)18-9-6-7-13(15,8-9)12(14)16/h2-5,9H,6-8,15H2,1H3,(H2,14,16). The first-order valence-corrected chi connectivity index (χ1v) is 6.81. The predicted octanol–water partition coefficient (Wildman–Crippen LogP) is 1.52. The van der Waals surface area contributed by atoms with Crippen molar-refractivity contribution in [2.75, 3.05) is 7.11 Å². The summed E-state index contributed by atoms with van der Waals surface area (Å²) in [7, 11) is 1.66. The number of carbonyl (C=O) groups is 1. The molecule has 0 aliphatic heterocycles. The van der Waals surface area contributed by atoms with E-state index in [4.69, 9.17) is 16.2 Å². The van der Waals surface area contributed by atoms with Crippen LogP contribution >= 0.6 is 11.8 Å². The maximum atomic E-state index is 11.3. The van der Waals surface area contributed by atoms with E-state index in [-0.39, 0.29) is 0 Å². The lowest BCUT2D eigenvalue weighted by Crippen LogP contribution is -2.50. The highest BCUT2D eigenvalue weighted by Gasteiger charge is 2.41. The number of thioether (sulfide) groups is 1. The number of hydrogen-bond acceptors (Lipinski definition) is 4. The molecule has 0 aromatic heterocycles. The maximum Gasteiger partial charge on any atom is 0.237 e. The van der Waals surface area contributed by atoms with E-state index in [0.717, 1.165) is 17.1 Å². The zero-order valence-electron chi connectivity index (χ0n) is 10.4. The van der Waals surface area contributed by atoms with Crippen molar-refractivity contribution in [2.24, 2.45) is 11.5 Å². The van der Waals surface area contributed by atoms with Gasteiger partial charge in [0, 0.05) is 10.1 Å². The number of hydrogen-bond donors (Lipinski definition) is 2. The van der Waals surface area contributed by atoms with Crippen molar-refractivity contribution >= 4 is 17.7 Å². The Bertz CT molecular complexity index is 452. The van der Waals surface area contributed by atoms with Crippen LogP contribution in [0.5, 0.6) is 5.75 Å². The third kappa shape index (κ3) is 2.62. The summed E-state index contributed by atoms with van der Waals surface area (Å²) in [6, 6.07) is 7.86. The maximum absolute atomic E-state index is 11.3. The minimum atomic E-state index is -0.834. The number of benzene rings is 1. The van der Waals surface area contributed by atoms with Crippen LogP contribution in [-0.2, 0) is 4.79 Å². The summed E-state index contributed by atoms with van der Waals surface area (Å²) in [5, 5.41) is 0.318. The third-order valence-electron chi connectivity index (χ3n) is 3.36. The molecule has 1 fully saturated rings. The van der Waals surface area contributed by atoms with Gasteiger partial charge in [-0.2, -0.15) is 0 Å². The van der Waals surface area contributed by atoms with Crippen molar-refractivity contribution in [3.63, 3.8) is 0 Å². The second-order valence-electron chi connectivity index (χ2n) is 4.65. The van der Waals surface area contributed by atoms with Gasteiger partial charge in [0.05, 0.1) is 12.6 Å². The molecule has 2 atom stereocenters. The number of nitrogens with two attached hydrogens (primary N) is 2. The molecule has 0 radical (unpaired) electrons. The number of rotatable bonds is 4. The molecule has 18 heavy (non-hydrogen) atoms. The number of methoxy groups -OCH3 is 1. The smallest absolute Gasteiger partial charge is 0.237 e. The fraction of sp³-hybridized carbons (Fsp3) is 0.462. The van der Waals surface area contributed by atoms with Crippen LogP contribution in [0.2, 0.25) is 0 Å². The topological polar surface area (TPSA) is 78.3 Å². The van der Waals surface area contributed by atoms with Crippen LogP contribution in [0.4, 0.5) is 0 Å². The number of ether oxygens (including phenoxy) is 1. The molecule has 1 amide bonds. The number of amides is 1. The number of para-hydroxylation sites is 1. The number of carbonyl (C=O) groups excluding carboxylic acids is 1. The normalized spacial score (nSPS) is 27.1. The Morgan fingerprint density at radius 3 is 2.83 bits per heavy atom. The lowest BCUT2D eigenvalue weighted by atomic mass is 9.99. The minimum Gasteiger partial charge on any atom is -0.496 e. The fourth-order valence-electron chi connectivity index (χ4n) is 2.25. The highest BCUT2D eigenvalue weighted by molar-refractivity contribution is 8.00. The van der Waals surface area contributed by atoms with Crippen molar-refractivity contribution in [1.82, 2.24) is 0 Å². The fourth-order valence-corrected chi connectivity index (χ4v) is 3.65. The van der Waals surface area contributed by atoms with Crippen molar-refractivity contribution in [3.8, 4) is 5.75 Å². The lowest BCUT2D eigenvalue weighted by Gasteiger charge is -2.19. The third-order valence-corrected chi connectivity index (χ3v) is 4.68. The van der Waals surface area contributed by atoms with E-state index in [9.17, 15) is 4.79 Å². The van der Waals surface area contributed by atoms with Crippen molar-refractivity contribution in [3.05, 3.63) is 24.3 Å². The molecular weight excluding hydrogens is 248 g/mol. The van der Waals surface area contributed by atoms with Gasteiger partial charge < -0.3 is 16.2 Å². The average Bonchev–Trinajstić information content (AvgIpc) is 2.73. The first-order chi connectivity index (χ1) is 8.55. The molecule has 1 aromatic carbocycles. The Labute approximate surface area is 111 Å². The van der Waals surface area contributed by atoms with Crippen LogP contribution < -0.4 is 16.2 Å². The molecule has 1 aliphatic rings. The molecule has 0 bridgehead atoms. The second kappa shape index (κ2) is 5.20. The molecule has 4 N–H and O–H groups in total. The zero-order chi connectivity index (χ0) is 13.2. The monoisotopic (exact) mass is 266 g/mol. The van der Waals surface area contributed by atoms with E-state index in [0.29, 0.717) is 18.1 Å². The van der Waals surface area contributed by atoms with Crippen LogP contribution in [0.1, 0.15) is 19.3 Å². The quantitative estimate of drug-likeness (QED) is 0.866. The Morgan fingerprint density at radius 2 is 2.22 bits per heavy atom. The Morgan fingerprint density at radius 1 is 1.50 bits per heavy atom. The molecule has 1 saturated carbocycles. The van der Waals surface area contributed by atoms with E-state index in [1.54, 1.807) is 18.9 Å². The van der Waals surface area contributed by atoms with Gasteiger partial charge in [-0.15, -0.1) is 11.8 Å². The molecule has 98 valence electrons. The van der Waals surface area contributed by atoms with Gasteiger partial charge in [0.1, 0.15) is 5.75 Å². The molecule has 1 aliphatic carbocycles. The molecular formula is C13H18N2O2S. The molecule has 0 heterocycles. The number of primary amides is 1. The molecule has 5 heteroatoms. The van der Waals surface area contributed by atoms with E-state index < -0.39 is 11.4 Å². The van der Waals surface area contributed by atoms with Crippen LogP contribution in [0.3, 0.4) is 0 Å². The van der Waals surface area contributed by atoms with Crippen LogP contribution in [-0.4, -0.2) is 23.8 Å². The van der Waals surface area contributed by atoms with Gasteiger partial charge >= 0.3 is 0 Å². The Balaban J connectivity index is 2.06. The van der Waals surface area contributed by atoms with E-state index in [2.05, 4.69) is 0 Å². The van der Waals surface area contributed by atoms with Gasteiger partial charge in [-0.1, -0.05) is 12.1 Å². The average molecular weight is 266 g/mol. The second-order valence-corrected chi connectivity index (χ2v) is 6.00. The summed E-state index contributed by atoms with van der Waals surface area (Å²) >= 11 is 1.71. The molecule has 2 rings (SSSR count). The summed E-state index contributed by atoms with van der Waals surface area (Å²) in [5.74, 6) is 0.460. The van der Waals surface area contributed by atoms with E-state index >= 15 is 0 Å². The van der Waals surface area contributed by atoms with Crippen LogP contribution in [0, 0.1) is 0 Å². The molecule has 4 nitrogen and oxygen atoms in total. The first kappa shape index (κ1) is 13.2. The predicted molar refractivity (Wildman–Crippen MR) is 72.6 cm³/mol. The highest BCUT2D eigenvalue weighted by Crippen LogP contribution is 2.41. The SMILES string of the molecule is COc1ccccc1SC1CCC(N)(C(N)=O)C1. The summed E-state index contributed by atoms with van der Waals surface area (Å²) in [4.78, 5) is 12.4. The Kier molecular flexibility index (Phi) is 3.82. The highest BCUT2D eigenvalue weighted by atomic mass is 32.2. The van der Waals surface area contributed by atoms with Crippen LogP contribution in [0.25, 0.3) is 0 Å². The molecule has 0 saturated heterocycles. The minimum absolute atomic E-state index is 0.318. The zero-order valence-corrected chi connectivity index (χ0v) is 11.2. The summed E-state index contributed by atoms with van der Waals surface area (Å²) in [6.45, 7) is 0. The molecule has 1 aromatic rings. The van der Waals surface area contributed by atoms with Crippen molar-refractivity contribution < 1.29 is 9.53 Å². The van der Waals surface area contributed by atoms with Crippen molar-refractivity contribution in [2.45, 2.75) is 34.9 Å². The first-order valence-electron chi connectivity index (χ1n) is 5.93. The molecule has 0 spiro atoms. The van der Waals surface area contributed by atoms with E-state index in [1.807, 2.05) is 24.3 Å². The van der Waals surface area contributed by atoms with Gasteiger partial charge in [0.15, 0.2) is 0 Å². The van der Waals surface area contributed by atoms with Crippen LogP contribution in [0.15, 0.2) is 29.2 Å². The van der Waals surface area contributed by atoms with Gasteiger partial charge in [-0.25, -0.2) is 0 Å². The summed E-state index contributed by atoms with van der Waals surface area (Å²) < 4.78 is 5.31. The lowest BCUT2D eigenvalue weighted by molar-refractivity contribution is -0.122. The van der Waals surface area contributed by atoms with Crippen molar-refractivity contribution in [1.29, 1.82) is 0 Å². The molecule has 2 unspecified atom stereocenters. The summed E-state index contributed by atoms with van der Waals surface area (Å²) in [6.07, 6.45) is 2.20.